The number of benzene rings is 1. The predicted molar refractivity (Wildman–Crippen MR) is 68.8 cm³/mol. The monoisotopic (exact) mass is 256 g/mol. The molecular formula is C11H14ClFN4. The zero-order valence-electron chi connectivity index (χ0n) is 9.72. The molecule has 0 radical (unpaired) electrons. The van der Waals surface area contributed by atoms with Crippen molar-refractivity contribution in [2.75, 3.05) is 37.0 Å². The standard InChI is InChI=1S/C11H14ClFN4/c1-16(2)8-5-7(13)6-9(10(8)12)17-4-3-15-11(17)14/h5-6H,3-4H2,1-2H3,(H2,14,15). The highest BCUT2D eigenvalue weighted by Gasteiger charge is 2.23. The van der Waals surface area contributed by atoms with Crippen molar-refractivity contribution in [3.05, 3.63) is 23.0 Å². The Morgan fingerprint density at radius 3 is 2.71 bits per heavy atom. The first kappa shape index (κ1) is 12.0. The number of anilines is 2. The summed E-state index contributed by atoms with van der Waals surface area (Å²) < 4.78 is 13.5. The van der Waals surface area contributed by atoms with E-state index in [1.165, 1.54) is 12.1 Å². The zero-order valence-corrected chi connectivity index (χ0v) is 10.5. The van der Waals surface area contributed by atoms with Gasteiger partial charge < -0.3 is 15.1 Å². The molecule has 0 bridgehead atoms. The lowest BCUT2D eigenvalue weighted by molar-refractivity contribution is 0.627. The summed E-state index contributed by atoms with van der Waals surface area (Å²) in [5.74, 6) is -0.102. The van der Waals surface area contributed by atoms with Gasteiger partial charge in [0.05, 0.1) is 16.4 Å². The van der Waals surface area contributed by atoms with E-state index in [9.17, 15) is 4.39 Å². The highest BCUT2D eigenvalue weighted by atomic mass is 35.5. The Morgan fingerprint density at radius 2 is 2.18 bits per heavy atom. The van der Waals surface area contributed by atoms with Crippen molar-refractivity contribution in [2.24, 2.45) is 0 Å². The lowest BCUT2D eigenvalue weighted by atomic mass is 10.2. The van der Waals surface area contributed by atoms with Gasteiger partial charge in [0.2, 0.25) is 0 Å². The van der Waals surface area contributed by atoms with Gasteiger partial charge >= 0.3 is 0 Å². The molecule has 1 aromatic carbocycles. The van der Waals surface area contributed by atoms with Gasteiger partial charge in [0.1, 0.15) is 5.82 Å². The molecule has 0 aliphatic carbocycles. The third-order valence-electron chi connectivity index (χ3n) is 2.67. The van der Waals surface area contributed by atoms with Crippen LogP contribution in [0.2, 0.25) is 5.02 Å². The Balaban J connectivity index is 2.50. The highest BCUT2D eigenvalue weighted by Crippen LogP contribution is 2.35. The second kappa shape index (κ2) is 4.41. The van der Waals surface area contributed by atoms with Crippen molar-refractivity contribution < 1.29 is 4.39 Å². The van der Waals surface area contributed by atoms with E-state index in [1.54, 1.807) is 23.9 Å². The molecule has 0 unspecified atom stereocenters. The normalized spacial score (nSPS) is 15.1. The molecule has 0 atom stereocenters. The van der Waals surface area contributed by atoms with Crippen LogP contribution in [0.15, 0.2) is 12.1 Å². The molecule has 1 heterocycles. The first-order chi connectivity index (χ1) is 8.00. The first-order valence-electron chi connectivity index (χ1n) is 5.27. The summed E-state index contributed by atoms with van der Waals surface area (Å²) in [4.78, 5) is 3.42. The number of guanidine groups is 1. The molecule has 1 aliphatic rings. The lowest BCUT2D eigenvalue weighted by Gasteiger charge is -2.22. The predicted octanol–water partition coefficient (Wildman–Crippen LogP) is 1.89. The third-order valence-corrected chi connectivity index (χ3v) is 3.06. The molecule has 6 heteroatoms. The van der Waals surface area contributed by atoms with Crippen LogP contribution in [-0.2, 0) is 0 Å². The fourth-order valence-electron chi connectivity index (χ4n) is 1.82. The Kier molecular flexibility index (Phi) is 3.11. The molecule has 17 heavy (non-hydrogen) atoms. The van der Waals surface area contributed by atoms with Gasteiger partial charge in [-0.25, -0.2) is 4.39 Å². The molecular weight excluding hydrogens is 243 g/mol. The van der Waals surface area contributed by atoms with Crippen LogP contribution in [0.3, 0.4) is 0 Å². The maximum atomic E-state index is 13.5. The van der Waals surface area contributed by atoms with Crippen molar-refractivity contribution in [3.63, 3.8) is 0 Å². The summed E-state index contributed by atoms with van der Waals surface area (Å²) in [6, 6.07) is 2.75. The molecule has 1 aromatic rings. The number of nitrogens with zero attached hydrogens (tertiary/aromatic N) is 2. The van der Waals surface area contributed by atoms with Crippen molar-refractivity contribution in [2.45, 2.75) is 0 Å². The molecule has 4 nitrogen and oxygen atoms in total. The van der Waals surface area contributed by atoms with E-state index in [0.29, 0.717) is 29.5 Å². The number of rotatable bonds is 2. The van der Waals surface area contributed by atoms with Gasteiger partial charge in [-0.15, -0.1) is 0 Å². The van der Waals surface area contributed by atoms with Crippen LogP contribution in [0.25, 0.3) is 0 Å². The van der Waals surface area contributed by atoms with Gasteiger partial charge in [0, 0.05) is 27.2 Å². The summed E-state index contributed by atoms with van der Waals surface area (Å²) in [5.41, 5.74) is 1.15. The summed E-state index contributed by atoms with van der Waals surface area (Å²) in [5, 5.41) is 11.0. The zero-order chi connectivity index (χ0) is 12.6. The molecule has 0 aromatic heterocycles. The Bertz CT molecular complexity index is 461. The van der Waals surface area contributed by atoms with E-state index >= 15 is 0 Å². The quantitative estimate of drug-likeness (QED) is 0.849. The van der Waals surface area contributed by atoms with E-state index in [2.05, 4.69) is 5.32 Å². The van der Waals surface area contributed by atoms with Crippen LogP contribution in [-0.4, -0.2) is 33.1 Å². The van der Waals surface area contributed by atoms with Gasteiger partial charge in [-0.2, -0.15) is 0 Å². The van der Waals surface area contributed by atoms with Gasteiger partial charge in [0.15, 0.2) is 5.96 Å². The number of nitrogens with one attached hydrogen (secondary N) is 2. The van der Waals surface area contributed by atoms with Gasteiger partial charge in [0.25, 0.3) is 0 Å². The molecule has 92 valence electrons. The first-order valence-corrected chi connectivity index (χ1v) is 5.65. The van der Waals surface area contributed by atoms with Crippen molar-refractivity contribution >= 4 is 28.9 Å². The average Bonchev–Trinajstić information content (AvgIpc) is 2.67. The number of hydrogen-bond acceptors (Lipinski definition) is 2. The van der Waals surface area contributed by atoms with Crippen LogP contribution in [0.4, 0.5) is 15.8 Å². The maximum absolute atomic E-state index is 13.5. The van der Waals surface area contributed by atoms with Crippen LogP contribution in [0, 0.1) is 11.2 Å². The minimum absolute atomic E-state index is 0.252. The largest absolute Gasteiger partial charge is 0.376 e. The van der Waals surface area contributed by atoms with Crippen LogP contribution in [0.5, 0.6) is 0 Å². The summed E-state index contributed by atoms with van der Waals surface area (Å²) >= 11 is 6.25. The van der Waals surface area contributed by atoms with Gasteiger partial charge in [-0.1, -0.05) is 11.6 Å². The highest BCUT2D eigenvalue weighted by molar-refractivity contribution is 6.36. The molecule has 2 N–H and O–H groups in total. The second-order valence-electron chi connectivity index (χ2n) is 4.08. The smallest absolute Gasteiger partial charge is 0.195 e. The minimum atomic E-state index is -0.354. The van der Waals surface area contributed by atoms with E-state index in [4.69, 9.17) is 17.0 Å². The Hall–Kier alpha value is -1.49. The van der Waals surface area contributed by atoms with Crippen molar-refractivity contribution in [3.8, 4) is 0 Å². The van der Waals surface area contributed by atoms with Crippen LogP contribution < -0.4 is 15.1 Å². The third kappa shape index (κ3) is 2.15. The summed E-state index contributed by atoms with van der Waals surface area (Å²) in [6.07, 6.45) is 0. The van der Waals surface area contributed by atoms with E-state index in [0.717, 1.165) is 0 Å². The topological polar surface area (TPSA) is 42.4 Å². The SMILES string of the molecule is CN(C)c1cc(F)cc(N2CCNC2=N)c1Cl. The molecule has 2 rings (SSSR count). The fraction of sp³-hybridized carbons (Fsp3) is 0.364. The molecule has 0 spiro atoms. The molecule has 1 aliphatic heterocycles. The average molecular weight is 257 g/mol. The fourth-order valence-corrected chi connectivity index (χ4v) is 2.20. The summed E-state index contributed by atoms with van der Waals surface area (Å²) in [6.45, 7) is 1.29. The Labute approximate surface area is 104 Å². The summed E-state index contributed by atoms with van der Waals surface area (Å²) in [7, 11) is 3.61. The minimum Gasteiger partial charge on any atom is -0.376 e. The van der Waals surface area contributed by atoms with Crippen LogP contribution >= 0.6 is 11.6 Å². The van der Waals surface area contributed by atoms with E-state index in [-0.39, 0.29) is 11.8 Å². The second-order valence-corrected chi connectivity index (χ2v) is 4.46. The number of hydrogen-bond donors (Lipinski definition) is 2. The van der Waals surface area contributed by atoms with Crippen molar-refractivity contribution in [1.29, 1.82) is 5.41 Å². The Morgan fingerprint density at radius 1 is 1.47 bits per heavy atom. The van der Waals surface area contributed by atoms with Gasteiger partial charge in [-0.3, -0.25) is 5.41 Å². The maximum Gasteiger partial charge on any atom is 0.195 e. The molecule has 1 fully saturated rings. The van der Waals surface area contributed by atoms with Crippen molar-refractivity contribution in [1.82, 2.24) is 5.32 Å². The molecule has 0 amide bonds. The van der Waals surface area contributed by atoms with E-state index in [1.807, 2.05) is 0 Å². The lowest BCUT2D eigenvalue weighted by Crippen LogP contribution is -2.29. The van der Waals surface area contributed by atoms with E-state index < -0.39 is 0 Å². The molecule has 0 saturated carbocycles. The molecule has 1 saturated heterocycles. The van der Waals surface area contributed by atoms with Crippen LogP contribution in [0.1, 0.15) is 0 Å². The number of halogens is 2. The van der Waals surface area contributed by atoms with Gasteiger partial charge in [-0.05, 0) is 12.1 Å².